The molecule has 12 heteroatoms. The van der Waals surface area contributed by atoms with Crippen LogP contribution in [0.3, 0.4) is 0 Å². The average Bonchev–Trinajstić information content (AvgIpc) is 3.55. The molecule has 1 fully saturated rings. The highest BCUT2D eigenvalue weighted by atomic mass is 35.5. The van der Waals surface area contributed by atoms with Crippen LogP contribution in [0.4, 0.5) is 17.2 Å². The lowest BCUT2D eigenvalue weighted by molar-refractivity contribution is -0.117. The number of aromatic nitrogens is 5. The van der Waals surface area contributed by atoms with Crippen LogP contribution in [0, 0.1) is 5.92 Å². The largest absolute Gasteiger partial charge is 0.494 e. The van der Waals surface area contributed by atoms with E-state index >= 15 is 0 Å². The Morgan fingerprint density at radius 3 is 2.76 bits per heavy atom. The van der Waals surface area contributed by atoms with Gasteiger partial charge in [0.25, 0.3) is 5.91 Å². The molecule has 0 unspecified atom stereocenters. The molecular formula is C21H23ClN8O3. The lowest BCUT2D eigenvalue weighted by atomic mass is 10.1. The minimum absolute atomic E-state index is 0.0709. The van der Waals surface area contributed by atoms with Gasteiger partial charge in [-0.3, -0.25) is 9.59 Å². The standard InChI is InChI=1S/C21H23ClN8O3/c1-4-30-24-10-16(29-30)13-7-12(22)8-15(19(13)33-3)25-14-9-17(26-20(31)11-5-6-11)27-28-18(14)21(32)23-2/h7-11H,4-6H2,1-3H3,(H,23,32)(H2,25,26,27,31)/i2D3. The van der Waals surface area contributed by atoms with Crippen molar-refractivity contribution in [2.75, 3.05) is 24.7 Å². The molecule has 1 aromatic carbocycles. The summed E-state index contributed by atoms with van der Waals surface area (Å²) in [4.78, 5) is 26.4. The Bertz CT molecular complexity index is 1310. The van der Waals surface area contributed by atoms with Gasteiger partial charge < -0.3 is 20.7 Å². The van der Waals surface area contributed by atoms with Crippen LogP contribution in [0.2, 0.25) is 5.02 Å². The number of hydrogen-bond acceptors (Lipinski definition) is 8. The molecule has 0 spiro atoms. The monoisotopic (exact) mass is 473 g/mol. The third-order valence-corrected chi connectivity index (χ3v) is 5.16. The van der Waals surface area contributed by atoms with Crippen molar-refractivity contribution in [1.29, 1.82) is 0 Å². The second kappa shape index (κ2) is 9.41. The second-order valence-corrected chi connectivity index (χ2v) is 7.72. The molecule has 0 aliphatic heterocycles. The van der Waals surface area contributed by atoms with Crippen LogP contribution in [0.25, 0.3) is 11.3 Å². The van der Waals surface area contributed by atoms with Gasteiger partial charge in [0.1, 0.15) is 5.69 Å². The van der Waals surface area contributed by atoms with Gasteiger partial charge in [0.05, 0.1) is 31.2 Å². The van der Waals surface area contributed by atoms with Gasteiger partial charge in [0.2, 0.25) is 5.91 Å². The van der Waals surface area contributed by atoms with Crippen molar-refractivity contribution >= 4 is 40.6 Å². The summed E-state index contributed by atoms with van der Waals surface area (Å²) in [6.07, 6.45) is 3.14. The maximum Gasteiger partial charge on any atom is 0.273 e. The summed E-state index contributed by atoms with van der Waals surface area (Å²) in [6, 6.07) is 4.60. The number of halogens is 1. The molecule has 0 radical (unpaired) electrons. The fourth-order valence-corrected chi connectivity index (χ4v) is 3.38. The van der Waals surface area contributed by atoms with Crippen molar-refractivity contribution in [3.05, 3.63) is 35.1 Å². The number of carbonyl (C=O) groups is 2. The zero-order valence-electron chi connectivity index (χ0n) is 20.8. The number of nitrogens with zero attached hydrogens (tertiary/aromatic N) is 5. The van der Waals surface area contributed by atoms with Crippen LogP contribution in [0.15, 0.2) is 24.4 Å². The number of carbonyl (C=O) groups excluding carboxylic acids is 2. The summed E-state index contributed by atoms with van der Waals surface area (Å²) >= 11 is 6.38. The number of nitrogens with one attached hydrogen (secondary N) is 3. The number of benzene rings is 1. The highest BCUT2D eigenvalue weighted by molar-refractivity contribution is 6.31. The molecule has 1 aliphatic carbocycles. The van der Waals surface area contributed by atoms with E-state index in [1.165, 1.54) is 18.0 Å². The Balaban J connectivity index is 1.76. The van der Waals surface area contributed by atoms with Crippen molar-refractivity contribution in [3.63, 3.8) is 0 Å². The predicted octanol–water partition coefficient (Wildman–Crippen LogP) is 2.87. The maximum absolute atomic E-state index is 12.7. The fourth-order valence-electron chi connectivity index (χ4n) is 3.16. The number of methoxy groups -OCH3 is 1. The molecule has 0 atom stereocenters. The first kappa shape index (κ1) is 18.8. The van der Waals surface area contributed by atoms with E-state index in [-0.39, 0.29) is 29.0 Å². The SMILES string of the molecule is [2H]C([2H])([2H])NC(=O)c1nnc(NC(=O)C2CC2)cc1Nc1cc(Cl)cc(-c2cnn(CC)n2)c1OC. The summed E-state index contributed by atoms with van der Waals surface area (Å²) < 4.78 is 27.7. The highest BCUT2D eigenvalue weighted by Crippen LogP contribution is 2.40. The number of hydrogen-bond donors (Lipinski definition) is 3. The first-order valence-electron chi connectivity index (χ1n) is 11.6. The molecule has 4 rings (SSSR count). The van der Waals surface area contributed by atoms with Crippen LogP contribution in [0.1, 0.15) is 34.4 Å². The van der Waals surface area contributed by atoms with E-state index in [2.05, 4.69) is 31.0 Å². The van der Waals surface area contributed by atoms with Crippen molar-refractivity contribution in [2.24, 2.45) is 5.92 Å². The van der Waals surface area contributed by atoms with Crippen molar-refractivity contribution < 1.29 is 18.4 Å². The molecule has 0 saturated heterocycles. The lowest BCUT2D eigenvalue weighted by Gasteiger charge is -2.17. The van der Waals surface area contributed by atoms with Crippen LogP contribution in [-0.2, 0) is 11.3 Å². The quantitative estimate of drug-likeness (QED) is 0.454. The topological polar surface area (TPSA) is 136 Å². The second-order valence-electron chi connectivity index (χ2n) is 7.29. The molecule has 33 heavy (non-hydrogen) atoms. The van der Waals surface area contributed by atoms with Gasteiger partial charge >= 0.3 is 0 Å². The van der Waals surface area contributed by atoms with E-state index in [0.29, 0.717) is 34.3 Å². The van der Waals surface area contributed by atoms with Gasteiger partial charge in [-0.25, -0.2) is 0 Å². The first-order valence-corrected chi connectivity index (χ1v) is 10.5. The van der Waals surface area contributed by atoms with E-state index in [1.807, 2.05) is 12.2 Å². The number of aryl methyl sites for hydroxylation is 1. The minimum Gasteiger partial charge on any atom is -0.494 e. The Morgan fingerprint density at radius 1 is 1.27 bits per heavy atom. The van der Waals surface area contributed by atoms with Gasteiger partial charge in [-0.1, -0.05) is 11.6 Å². The maximum atomic E-state index is 12.7. The van der Waals surface area contributed by atoms with Crippen LogP contribution >= 0.6 is 11.6 Å². The van der Waals surface area contributed by atoms with Crippen molar-refractivity contribution in [2.45, 2.75) is 26.3 Å². The zero-order valence-corrected chi connectivity index (χ0v) is 18.6. The Labute approximate surface area is 199 Å². The fraction of sp³-hybridized carbons (Fsp3) is 0.333. The van der Waals surface area contributed by atoms with Gasteiger partial charge in [-0.05, 0) is 31.9 Å². The van der Waals surface area contributed by atoms with Crippen LogP contribution in [-0.4, -0.2) is 51.1 Å². The van der Waals surface area contributed by atoms with Crippen molar-refractivity contribution in [1.82, 2.24) is 30.5 Å². The Hall–Kier alpha value is -3.73. The Morgan fingerprint density at radius 2 is 2.09 bits per heavy atom. The average molecular weight is 474 g/mol. The molecule has 1 aliphatic rings. The smallest absolute Gasteiger partial charge is 0.273 e. The predicted molar refractivity (Wildman–Crippen MR) is 123 cm³/mol. The molecule has 2 heterocycles. The number of amides is 2. The molecule has 3 N–H and O–H groups in total. The van der Waals surface area contributed by atoms with E-state index in [9.17, 15) is 9.59 Å². The first-order chi connectivity index (χ1) is 17.1. The van der Waals surface area contributed by atoms with Gasteiger partial charge in [-0.2, -0.15) is 15.0 Å². The van der Waals surface area contributed by atoms with Gasteiger partial charge in [-0.15, -0.1) is 10.2 Å². The third-order valence-electron chi connectivity index (χ3n) is 4.94. The third kappa shape index (κ3) is 4.87. The molecule has 172 valence electrons. The lowest BCUT2D eigenvalue weighted by Crippen LogP contribution is -2.22. The van der Waals surface area contributed by atoms with Crippen LogP contribution in [0.5, 0.6) is 5.75 Å². The zero-order chi connectivity index (χ0) is 26.0. The molecule has 11 nitrogen and oxygen atoms in total. The summed E-state index contributed by atoms with van der Waals surface area (Å²) in [5, 5.41) is 24.2. The Kier molecular flexibility index (Phi) is 5.36. The van der Waals surface area contributed by atoms with Crippen LogP contribution < -0.4 is 20.7 Å². The minimum atomic E-state index is -2.75. The van der Waals surface area contributed by atoms with E-state index in [1.54, 1.807) is 18.3 Å². The van der Waals surface area contributed by atoms with Crippen molar-refractivity contribution in [3.8, 4) is 17.0 Å². The molecule has 1 saturated carbocycles. The van der Waals surface area contributed by atoms with E-state index in [4.69, 9.17) is 20.5 Å². The summed E-state index contributed by atoms with van der Waals surface area (Å²) in [7, 11) is 1.45. The molecule has 3 aromatic rings. The number of rotatable bonds is 8. The summed E-state index contributed by atoms with van der Waals surface area (Å²) in [5.74, 6) is -0.861. The summed E-state index contributed by atoms with van der Waals surface area (Å²) in [6.45, 7) is -0.289. The molecular weight excluding hydrogens is 448 g/mol. The van der Waals surface area contributed by atoms with E-state index < -0.39 is 12.9 Å². The highest BCUT2D eigenvalue weighted by Gasteiger charge is 2.30. The number of ether oxygens (including phenoxy) is 1. The molecule has 2 aromatic heterocycles. The molecule has 2 amide bonds. The molecule has 0 bridgehead atoms. The van der Waals surface area contributed by atoms with E-state index in [0.717, 1.165) is 12.8 Å². The van der Waals surface area contributed by atoms with Gasteiger partial charge in [0, 0.05) is 33.7 Å². The normalized spacial score (nSPS) is 14.6. The van der Waals surface area contributed by atoms with Gasteiger partial charge in [0.15, 0.2) is 17.3 Å². The summed E-state index contributed by atoms with van der Waals surface area (Å²) in [5.41, 5.74) is 1.13. The number of anilines is 3.